The van der Waals surface area contributed by atoms with Crippen molar-refractivity contribution in [2.45, 2.75) is 24.8 Å². The van der Waals surface area contributed by atoms with Gasteiger partial charge in [0.1, 0.15) is 0 Å². The van der Waals surface area contributed by atoms with E-state index < -0.39 is 0 Å². The number of carbonyl (C=O) groups excluding carboxylic acids is 1. The molecule has 28 heavy (non-hydrogen) atoms. The molecule has 1 saturated heterocycles. The lowest BCUT2D eigenvalue weighted by atomic mass is 9.94. The summed E-state index contributed by atoms with van der Waals surface area (Å²) in [5, 5.41) is 8.99. The lowest BCUT2D eigenvalue weighted by Crippen LogP contribution is -2.37. The largest absolute Gasteiger partial charge is 0.332 e. The van der Waals surface area contributed by atoms with Crippen LogP contribution in [0.3, 0.4) is 0 Å². The summed E-state index contributed by atoms with van der Waals surface area (Å²) in [6, 6.07) is 26.4. The normalized spacial score (nSPS) is 19.8. The van der Waals surface area contributed by atoms with Crippen LogP contribution in [-0.4, -0.2) is 17.4 Å². The molecule has 3 nitrogen and oxygen atoms in total. The Morgan fingerprint density at radius 3 is 2.46 bits per heavy atom. The maximum Gasteiger partial charge on any atom is 0.254 e. The minimum atomic E-state index is 0.0610. The molecular weight excluding hydrogens is 344 g/mol. The molecule has 2 atom stereocenters. The van der Waals surface area contributed by atoms with E-state index in [1.165, 1.54) is 22.3 Å². The van der Waals surface area contributed by atoms with E-state index in [1.54, 1.807) is 24.3 Å². The molecule has 2 bridgehead atoms. The van der Waals surface area contributed by atoms with Gasteiger partial charge in [-0.1, -0.05) is 42.5 Å². The van der Waals surface area contributed by atoms with E-state index in [0.717, 1.165) is 19.4 Å². The lowest BCUT2D eigenvalue weighted by molar-refractivity contribution is 0.0620. The molecule has 1 aliphatic heterocycles. The Bertz CT molecular complexity index is 1080. The molecule has 1 heterocycles. The monoisotopic (exact) mass is 364 g/mol. The molecule has 0 aromatic heterocycles. The zero-order valence-electron chi connectivity index (χ0n) is 15.5. The third kappa shape index (κ3) is 2.70. The molecule has 0 radical (unpaired) electrons. The van der Waals surface area contributed by atoms with E-state index in [9.17, 15) is 4.79 Å². The molecule has 1 unspecified atom stereocenters. The molecule has 0 spiro atoms. The first-order chi connectivity index (χ1) is 13.7. The van der Waals surface area contributed by atoms with Gasteiger partial charge in [-0.25, -0.2) is 0 Å². The Balaban J connectivity index is 1.49. The fourth-order valence-electron chi connectivity index (χ4n) is 4.68. The molecule has 0 N–H and O–H groups in total. The molecule has 5 rings (SSSR count). The van der Waals surface area contributed by atoms with E-state index in [0.29, 0.717) is 17.0 Å². The van der Waals surface area contributed by atoms with Crippen LogP contribution in [0.4, 0.5) is 0 Å². The summed E-state index contributed by atoms with van der Waals surface area (Å²) in [6.45, 7) is 0.781. The summed E-state index contributed by atoms with van der Waals surface area (Å²) < 4.78 is 0. The van der Waals surface area contributed by atoms with Gasteiger partial charge in [-0.2, -0.15) is 5.26 Å². The fraction of sp³-hybridized carbons (Fsp3) is 0.200. The Morgan fingerprint density at radius 2 is 1.71 bits per heavy atom. The second kappa shape index (κ2) is 6.65. The van der Waals surface area contributed by atoms with Crippen LogP contribution in [0.25, 0.3) is 11.1 Å². The van der Waals surface area contributed by atoms with Crippen LogP contribution in [0, 0.1) is 11.3 Å². The van der Waals surface area contributed by atoms with Gasteiger partial charge < -0.3 is 4.90 Å². The van der Waals surface area contributed by atoms with Crippen LogP contribution in [0.15, 0.2) is 72.8 Å². The van der Waals surface area contributed by atoms with Crippen molar-refractivity contribution < 1.29 is 4.79 Å². The Morgan fingerprint density at radius 1 is 0.929 bits per heavy atom. The summed E-state index contributed by atoms with van der Waals surface area (Å²) in [5.41, 5.74) is 6.35. The number of amides is 1. The molecule has 0 saturated carbocycles. The Labute approximate surface area is 164 Å². The predicted molar refractivity (Wildman–Crippen MR) is 109 cm³/mol. The highest BCUT2D eigenvalue weighted by Gasteiger charge is 2.41. The smallest absolute Gasteiger partial charge is 0.254 e. The zero-order valence-corrected chi connectivity index (χ0v) is 15.5. The summed E-state index contributed by atoms with van der Waals surface area (Å²) >= 11 is 0. The molecule has 3 aromatic carbocycles. The minimum Gasteiger partial charge on any atom is -0.332 e. The quantitative estimate of drug-likeness (QED) is 0.619. The maximum absolute atomic E-state index is 13.2. The second-order valence-electron chi connectivity index (χ2n) is 7.63. The van der Waals surface area contributed by atoms with Crippen molar-refractivity contribution in [3.63, 3.8) is 0 Å². The molecule has 1 aliphatic carbocycles. The average Bonchev–Trinajstić information content (AvgIpc) is 3.05. The molecule has 3 heteroatoms. The highest BCUT2D eigenvalue weighted by atomic mass is 16.2. The average molecular weight is 364 g/mol. The van der Waals surface area contributed by atoms with E-state index in [-0.39, 0.29) is 11.9 Å². The summed E-state index contributed by atoms with van der Waals surface area (Å²) in [6.07, 6.45) is 2.02. The highest BCUT2D eigenvalue weighted by Crippen LogP contribution is 2.50. The molecular formula is C25H20N2O. The van der Waals surface area contributed by atoms with Crippen LogP contribution in [0.1, 0.15) is 51.8 Å². The summed E-state index contributed by atoms with van der Waals surface area (Å²) in [7, 11) is 0. The van der Waals surface area contributed by atoms with Gasteiger partial charge in [0.15, 0.2) is 0 Å². The lowest BCUT2D eigenvalue weighted by Gasteiger charge is -2.34. The zero-order chi connectivity index (χ0) is 19.1. The van der Waals surface area contributed by atoms with Gasteiger partial charge in [-0.05, 0) is 71.3 Å². The van der Waals surface area contributed by atoms with Gasteiger partial charge >= 0.3 is 0 Å². The molecule has 1 fully saturated rings. The Hall–Kier alpha value is -3.38. The van der Waals surface area contributed by atoms with Gasteiger partial charge in [-0.15, -0.1) is 0 Å². The number of piperidine rings is 1. The molecule has 3 aromatic rings. The van der Waals surface area contributed by atoms with Crippen LogP contribution in [0.5, 0.6) is 0 Å². The first-order valence-electron chi connectivity index (χ1n) is 9.75. The van der Waals surface area contributed by atoms with Crippen molar-refractivity contribution in [2.75, 3.05) is 6.54 Å². The van der Waals surface area contributed by atoms with E-state index in [1.807, 2.05) is 11.0 Å². The third-order valence-electron chi connectivity index (χ3n) is 6.12. The van der Waals surface area contributed by atoms with Crippen molar-refractivity contribution in [3.8, 4) is 17.2 Å². The van der Waals surface area contributed by atoms with Gasteiger partial charge in [-0.3, -0.25) is 4.79 Å². The Kier molecular flexibility index (Phi) is 3.98. The van der Waals surface area contributed by atoms with E-state index in [2.05, 4.69) is 48.5 Å². The highest BCUT2D eigenvalue weighted by molar-refractivity contribution is 5.95. The van der Waals surface area contributed by atoms with Gasteiger partial charge in [0.25, 0.3) is 5.91 Å². The molecule has 1 amide bonds. The number of hydrogen-bond acceptors (Lipinski definition) is 2. The van der Waals surface area contributed by atoms with E-state index in [4.69, 9.17) is 5.26 Å². The van der Waals surface area contributed by atoms with Crippen LogP contribution in [0.2, 0.25) is 0 Å². The number of fused-ring (bicyclic) bond motifs is 5. The van der Waals surface area contributed by atoms with Crippen LogP contribution < -0.4 is 0 Å². The van der Waals surface area contributed by atoms with Crippen LogP contribution >= 0.6 is 0 Å². The van der Waals surface area contributed by atoms with Crippen molar-refractivity contribution in [2.24, 2.45) is 0 Å². The van der Waals surface area contributed by atoms with Gasteiger partial charge in [0.05, 0.1) is 17.7 Å². The van der Waals surface area contributed by atoms with Crippen molar-refractivity contribution in [1.82, 2.24) is 4.90 Å². The summed E-state index contributed by atoms with van der Waals surface area (Å²) in [4.78, 5) is 15.2. The van der Waals surface area contributed by atoms with Crippen molar-refractivity contribution in [3.05, 3.63) is 95.1 Å². The SMILES string of the molecule is N#Cc1ccc(C(=O)N2CCC3C[C@H]2c2cc(-c4ccccc4)ccc23)cc1. The topological polar surface area (TPSA) is 44.1 Å². The summed E-state index contributed by atoms with van der Waals surface area (Å²) in [5.74, 6) is 0.612. The number of rotatable bonds is 2. The number of nitrogens with zero attached hydrogens (tertiary/aromatic N) is 2. The van der Waals surface area contributed by atoms with Gasteiger partial charge in [0, 0.05) is 12.1 Å². The number of carbonyl (C=O) groups is 1. The standard InChI is InChI=1S/C25H20N2O/c26-16-17-6-8-19(9-7-17)25(28)27-13-12-21-15-24(27)23-14-20(10-11-22(21)23)18-4-2-1-3-5-18/h1-11,14,21,24H,12-13,15H2/t21?,24-/m0/s1. The second-order valence-corrected chi connectivity index (χ2v) is 7.63. The molecule has 136 valence electrons. The predicted octanol–water partition coefficient (Wildman–Crippen LogP) is 5.30. The van der Waals surface area contributed by atoms with Gasteiger partial charge in [0.2, 0.25) is 0 Å². The number of hydrogen-bond donors (Lipinski definition) is 0. The maximum atomic E-state index is 13.2. The number of nitriles is 1. The third-order valence-corrected chi connectivity index (χ3v) is 6.12. The minimum absolute atomic E-state index is 0.0610. The van der Waals surface area contributed by atoms with Crippen molar-refractivity contribution >= 4 is 5.91 Å². The number of benzene rings is 3. The number of likely N-dealkylation sites (tertiary alicyclic amines) is 1. The first kappa shape index (κ1) is 16.8. The molecule has 2 aliphatic rings. The van der Waals surface area contributed by atoms with E-state index >= 15 is 0 Å². The fourth-order valence-corrected chi connectivity index (χ4v) is 4.68. The van der Waals surface area contributed by atoms with Crippen molar-refractivity contribution in [1.29, 1.82) is 5.26 Å². The first-order valence-corrected chi connectivity index (χ1v) is 9.75. The van der Waals surface area contributed by atoms with Crippen LogP contribution in [-0.2, 0) is 0 Å².